The van der Waals surface area contributed by atoms with Gasteiger partial charge in [0.1, 0.15) is 0 Å². The zero-order valence-corrected chi connectivity index (χ0v) is 11.4. The summed E-state index contributed by atoms with van der Waals surface area (Å²) in [7, 11) is 0. The molecule has 3 rings (SSSR count). The summed E-state index contributed by atoms with van der Waals surface area (Å²) >= 11 is 0. The third-order valence-electron chi connectivity index (χ3n) is 4.40. The molecule has 0 bridgehead atoms. The molecule has 1 aromatic rings. The molecule has 0 aromatic heterocycles. The Morgan fingerprint density at radius 3 is 2.58 bits per heavy atom. The molecule has 19 heavy (non-hydrogen) atoms. The molecule has 0 radical (unpaired) electrons. The van der Waals surface area contributed by atoms with E-state index in [2.05, 4.69) is 35.2 Å². The topological polar surface area (TPSA) is 29.5 Å². The summed E-state index contributed by atoms with van der Waals surface area (Å²) in [6.45, 7) is 5.70. The van der Waals surface area contributed by atoms with Crippen LogP contribution in [0.3, 0.4) is 0 Å². The molecule has 3 nitrogen and oxygen atoms in total. The van der Waals surface area contributed by atoms with Crippen LogP contribution in [0.25, 0.3) is 0 Å². The highest BCUT2D eigenvalue weighted by Gasteiger charge is 2.55. The van der Waals surface area contributed by atoms with Crippen LogP contribution in [-0.4, -0.2) is 30.6 Å². The van der Waals surface area contributed by atoms with Gasteiger partial charge in [0.2, 0.25) is 0 Å². The fraction of sp³-hybridized carbons (Fsp3) is 0.562. The van der Waals surface area contributed by atoms with Gasteiger partial charge in [0.25, 0.3) is 0 Å². The second kappa shape index (κ2) is 5.33. The van der Waals surface area contributed by atoms with E-state index in [4.69, 9.17) is 4.74 Å². The summed E-state index contributed by atoms with van der Waals surface area (Å²) in [6.07, 6.45) is 0.627. The predicted octanol–water partition coefficient (Wildman–Crippen LogP) is 2.32. The molecule has 2 atom stereocenters. The minimum absolute atomic E-state index is 0.0171. The second-order valence-corrected chi connectivity index (χ2v) is 5.68. The quantitative estimate of drug-likeness (QED) is 0.760. The average Bonchev–Trinajstić information content (AvgIpc) is 2.86. The van der Waals surface area contributed by atoms with Gasteiger partial charge in [-0.15, -0.1) is 0 Å². The van der Waals surface area contributed by atoms with Gasteiger partial charge in [-0.1, -0.05) is 30.3 Å². The number of hydrogen-bond donors (Lipinski definition) is 0. The third kappa shape index (κ3) is 2.81. The van der Waals surface area contributed by atoms with E-state index < -0.39 is 0 Å². The van der Waals surface area contributed by atoms with E-state index in [1.54, 1.807) is 0 Å². The molecule has 1 aliphatic heterocycles. The molecule has 1 saturated carbocycles. The van der Waals surface area contributed by atoms with Crippen molar-refractivity contribution in [3.05, 3.63) is 35.9 Å². The number of benzene rings is 1. The van der Waals surface area contributed by atoms with Crippen molar-refractivity contribution in [2.45, 2.75) is 19.9 Å². The number of rotatable bonds is 5. The van der Waals surface area contributed by atoms with Gasteiger partial charge in [-0.2, -0.15) is 0 Å². The molecule has 1 aliphatic carbocycles. The molecule has 102 valence electrons. The Kier molecular flexibility index (Phi) is 3.56. The van der Waals surface area contributed by atoms with Crippen molar-refractivity contribution in [2.24, 2.45) is 17.8 Å². The van der Waals surface area contributed by atoms with E-state index in [0.717, 1.165) is 31.5 Å². The van der Waals surface area contributed by atoms with Gasteiger partial charge in [0, 0.05) is 26.1 Å². The highest BCUT2D eigenvalue weighted by atomic mass is 16.5. The largest absolute Gasteiger partial charge is 0.466 e. The first-order valence-electron chi connectivity index (χ1n) is 7.20. The smallest absolute Gasteiger partial charge is 0.306 e. The lowest BCUT2D eigenvalue weighted by molar-refractivity contribution is -0.143. The number of ether oxygens (including phenoxy) is 1. The minimum atomic E-state index is -0.0171. The summed E-state index contributed by atoms with van der Waals surface area (Å²) < 4.78 is 5.03. The Labute approximate surface area is 114 Å². The van der Waals surface area contributed by atoms with E-state index in [0.29, 0.717) is 18.9 Å². The number of nitrogens with zero attached hydrogens (tertiary/aromatic N) is 1. The number of hydrogen-bond acceptors (Lipinski definition) is 3. The molecular formula is C16H21NO2. The van der Waals surface area contributed by atoms with Crippen molar-refractivity contribution in [2.75, 3.05) is 19.7 Å². The van der Waals surface area contributed by atoms with Gasteiger partial charge in [0.05, 0.1) is 6.61 Å². The molecule has 2 fully saturated rings. The monoisotopic (exact) mass is 259 g/mol. The van der Waals surface area contributed by atoms with E-state index in [-0.39, 0.29) is 5.97 Å². The van der Waals surface area contributed by atoms with E-state index >= 15 is 0 Å². The van der Waals surface area contributed by atoms with Crippen LogP contribution in [0.2, 0.25) is 0 Å². The number of esters is 1. The van der Waals surface area contributed by atoms with Crippen molar-refractivity contribution < 1.29 is 9.53 Å². The molecule has 0 N–H and O–H groups in total. The number of fused-ring (bicyclic) bond motifs is 1. The maximum Gasteiger partial charge on any atom is 0.306 e. The van der Waals surface area contributed by atoms with Gasteiger partial charge in [-0.25, -0.2) is 0 Å². The standard InChI is InChI=1S/C16H21NO2/c1-2-19-16(18)8-13-14-10-17(11-15(13)14)9-12-6-4-3-5-7-12/h3-7,13-15H,2,8-11H2,1H3/t14-,15-/m0/s1. The van der Waals surface area contributed by atoms with Crippen molar-refractivity contribution in [1.29, 1.82) is 0 Å². The maximum absolute atomic E-state index is 11.5. The van der Waals surface area contributed by atoms with E-state index in [1.807, 2.05) is 6.92 Å². The number of carbonyl (C=O) groups is 1. The van der Waals surface area contributed by atoms with Gasteiger partial charge < -0.3 is 4.74 Å². The van der Waals surface area contributed by atoms with Crippen LogP contribution in [-0.2, 0) is 16.1 Å². The van der Waals surface area contributed by atoms with E-state index in [1.165, 1.54) is 5.56 Å². The average molecular weight is 259 g/mol. The third-order valence-corrected chi connectivity index (χ3v) is 4.40. The van der Waals surface area contributed by atoms with Gasteiger partial charge in [-0.3, -0.25) is 9.69 Å². The summed E-state index contributed by atoms with van der Waals surface area (Å²) in [5.74, 6) is 2.03. The zero-order chi connectivity index (χ0) is 13.2. The Bertz CT molecular complexity index is 433. The molecule has 0 amide bonds. The maximum atomic E-state index is 11.5. The Morgan fingerprint density at radius 1 is 1.26 bits per heavy atom. The molecule has 0 spiro atoms. The van der Waals surface area contributed by atoms with Crippen LogP contribution in [0.5, 0.6) is 0 Å². The van der Waals surface area contributed by atoms with Crippen LogP contribution in [0.4, 0.5) is 0 Å². The van der Waals surface area contributed by atoms with Crippen LogP contribution in [0.1, 0.15) is 18.9 Å². The summed E-state index contributed by atoms with van der Waals surface area (Å²) in [4.78, 5) is 14.0. The van der Waals surface area contributed by atoms with Crippen LogP contribution in [0, 0.1) is 17.8 Å². The van der Waals surface area contributed by atoms with Crippen LogP contribution in [0.15, 0.2) is 30.3 Å². The van der Waals surface area contributed by atoms with Crippen molar-refractivity contribution >= 4 is 5.97 Å². The SMILES string of the molecule is CCOC(=O)CC1[C@@H]2CN(Cc3ccccc3)C[C@@H]12. The first-order valence-corrected chi connectivity index (χ1v) is 7.20. The fourth-order valence-corrected chi connectivity index (χ4v) is 3.42. The molecule has 0 unspecified atom stereocenters. The number of likely N-dealkylation sites (tertiary alicyclic amines) is 1. The number of carbonyl (C=O) groups excluding carboxylic acids is 1. The summed E-state index contributed by atoms with van der Waals surface area (Å²) in [5, 5.41) is 0. The molecule has 1 saturated heterocycles. The van der Waals surface area contributed by atoms with Crippen LogP contribution < -0.4 is 0 Å². The van der Waals surface area contributed by atoms with E-state index in [9.17, 15) is 4.79 Å². The Hall–Kier alpha value is -1.35. The molecule has 2 aliphatic rings. The first-order chi connectivity index (χ1) is 9.28. The van der Waals surface area contributed by atoms with Crippen molar-refractivity contribution in [1.82, 2.24) is 4.90 Å². The normalized spacial score (nSPS) is 29.0. The lowest BCUT2D eigenvalue weighted by atomic mass is 10.1. The first kappa shape index (κ1) is 12.7. The minimum Gasteiger partial charge on any atom is -0.466 e. The number of piperidine rings is 1. The zero-order valence-electron chi connectivity index (χ0n) is 11.4. The molecule has 1 heterocycles. The Morgan fingerprint density at radius 2 is 1.95 bits per heavy atom. The van der Waals surface area contributed by atoms with Crippen LogP contribution >= 0.6 is 0 Å². The Balaban J connectivity index is 1.44. The van der Waals surface area contributed by atoms with Gasteiger partial charge in [0.15, 0.2) is 0 Å². The van der Waals surface area contributed by atoms with Crippen molar-refractivity contribution in [3.63, 3.8) is 0 Å². The van der Waals surface area contributed by atoms with Gasteiger partial charge >= 0.3 is 5.97 Å². The van der Waals surface area contributed by atoms with Gasteiger partial charge in [-0.05, 0) is 30.2 Å². The highest BCUT2D eigenvalue weighted by molar-refractivity contribution is 5.70. The highest BCUT2D eigenvalue weighted by Crippen LogP contribution is 2.53. The molecule has 1 aromatic carbocycles. The lowest BCUT2D eigenvalue weighted by Crippen LogP contribution is -2.24. The summed E-state index contributed by atoms with van der Waals surface area (Å²) in [5.41, 5.74) is 1.38. The fourth-order valence-electron chi connectivity index (χ4n) is 3.42. The molecule has 3 heteroatoms. The lowest BCUT2D eigenvalue weighted by Gasteiger charge is -2.19. The van der Waals surface area contributed by atoms with Crippen molar-refractivity contribution in [3.8, 4) is 0 Å². The summed E-state index contributed by atoms with van der Waals surface area (Å²) in [6, 6.07) is 10.6. The molecular weight excluding hydrogens is 238 g/mol. The predicted molar refractivity (Wildman–Crippen MR) is 73.4 cm³/mol. The second-order valence-electron chi connectivity index (χ2n) is 5.68.